The van der Waals surface area contributed by atoms with Crippen LogP contribution in [-0.2, 0) is 11.2 Å². The van der Waals surface area contributed by atoms with Crippen molar-refractivity contribution >= 4 is 19.0 Å². The van der Waals surface area contributed by atoms with E-state index < -0.39 is 25.5 Å². The minimum Gasteiger partial charge on any atom is -0.300 e. The summed E-state index contributed by atoms with van der Waals surface area (Å²) >= 11 is 0. The average Bonchev–Trinajstić information content (AvgIpc) is 2.11. The van der Waals surface area contributed by atoms with Gasteiger partial charge >= 0.3 is 0 Å². The number of Topliss-reactive ketones (excluding diaryl/α,β-unsaturated/α-hetero) is 1. The summed E-state index contributed by atoms with van der Waals surface area (Å²) in [7, 11) is -2.34. The van der Waals surface area contributed by atoms with Crippen molar-refractivity contribution in [3.05, 3.63) is 29.1 Å². The number of benzene rings is 1. The zero-order valence-corrected chi connectivity index (χ0v) is 11.3. The van der Waals surface area contributed by atoms with Crippen LogP contribution in [0.25, 0.3) is 0 Å². The van der Waals surface area contributed by atoms with Gasteiger partial charge in [-0.25, -0.2) is 13.2 Å². The van der Waals surface area contributed by atoms with Gasteiger partial charge < -0.3 is 0 Å². The van der Waals surface area contributed by atoms with Gasteiger partial charge in [0.15, 0.2) is 11.6 Å². The third-order valence-corrected chi connectivity index (χ3v) is 4.36. The maximum atomic E-state index is 14.0. The summed E-state index contributed by atoms with van der Waals surface area (Å²) in [4.78, 5) is 11.0. The predicted molar refractivity (Wildman–Crippen MR) is 63.7 cm³/mol. The molecule has 0 unspecified atom stereocenters. The quantitative estimate of drug-likeness (QED) is 0.603. The molecule has 0 bridgehead atoms. The van der Waals surface area contributed by atoms with Gasteiger partial charge in [0.2, 0.25) is 0 Å². The molecule has 0 amide bonds. The van der Waals surface area contributed by atoms with Crippen LogP contribution in [0.5, 0.6) is 0 Å². The lowest BCUT2D eigenvalue weighted by Crippen LogP contribution is -2.43. The van der Waals surface area contributed by atoms with E-state index in [4.69, 9.17) is 0 Å². The standard InChI is InChI=1S/C12H15F3OSi/c1-7(16)5-8-6-9(13)11(15)12(10(8)14)17(2,3)4/h6H,5H2,1-4H3. The molecule has 1 aromatic carbocycles. The first-order valence-corrected chi connectivity index (χ1v) is 8.81. The van der Waals surface area contributed by atoms with E-state index in [2.05, 4.69) is 0 Å². The number of ketones is 1. The van der Waals surface area contributed by atoms with Crippen LogP contribution in [0.3, 0.4) is 0 Å². The van der Waals surface area contributed by atoms with Crippen LogP contribution >= 0.6 is 0 Å². The zero-order valence-electron chi connectivity index (χ0n) is 10.3. The van der Waals surface area contributed by atoms with Gasteiger partial charge in [-0.2, -0.15) is 0 Å². The van der Waals surface area contributed by atoms with Crippen LogP contribution < -0.4 is 5.19 Å². The van der Waals surface area contributed by atoms with Gasteiger partial charge in [-0.05, 0) is 18.6 Å². The van der Waals surface area contributed by atoms with Crippen LogP contribution in [0, 0.1) is 17.5 Å². The molecule has 0 fully saturated rings. The normalized spacial score (nSPS) is 11.7. The molecule has 0 N–H and O–H groups in total. The second-order valence-corrected chi connectivity index (χ2v) is 10.1. The second kappa shape index (κ2) is 4.64. The Hall–Kier alpha value is -1.10. The molecule has 0 aromatic heterocycles. The molecule has 5 heteroatoms. The van der Waals surface area contributed by atoms with Crippen molar-refractivity contribution < 1.29 is 18.0 Å². The monoisotopic (exact) mass is 260 g/mol. The Morgan fingerprint density at radius 2 is 1.71 bits per heavy atom. The average molecular weight is 260 g/mol. The summed E-state index contributed by atoms with van der Waals surface area (Å²) < 4.78 is 41.0. The fraction of sp³-hybridized carbons (Fsp3) is 0.417. The van der Waals surface area contributed by atoms with Crippen LogP contribution in [0.15, 0.2) is 6.07 Å². The lowest BCUT2D eigenvalue weighted by atomic mass is 10.1. The smallest absolute Gasteiger partial charge is 0.160 e. The highest BCUT2D eigenvalue weighted by Gasteiger charge is 2.29. The Labute approximate surface area is 99.7 Å². The number of carbonyl (C=O) groups is 1. The number of hydrogen-bond acceptors (Lipinski definition) is 1. The first kappa shape index (κ1) is 14.0. The van der Waals surface area contributed by atoms with Gasteiger partial charge in [-0.3, -0.25) is 4.79 Å². The number of halogens is 3. The van der Waals surface area contributed by atoms with E-state index in [-0.39, 0.29) is 23.0 Å². The highest BCUT2D eigenvalue weighted by Crippen LogP contribution is 2.17. The molecule has 0 atom stereocenters. The van der Waals surface area contributed by atoms with Crippen LogP contribution in [0.1, 0.15) is 12.5 Å². The van der Waals surface area contributed by atoms with Gasteiger partial charge in [0.1, 0.15) is 11.6 Å². The molecule has 0 saturated carbocycles. The van der Waals surface area contributed by atoms with E-state index in [0.717, 1.165) is 6.07 Å². The van der Waals surface area contributed by atoms with Gasteiger partial charge in [-0.1, -0.05) is 19.6 Å². The first-order valence-electron chi connectivity index (χ1n) is 5.31. The van der Waals surface area contributed by atoms with Crippen molar-refractivity contribution in [1.82, 2.24) is 0 Å². The van der Waals surface area contributed by atoms with Crippen molar-refractivity contribution in [3.63, 3.8) is 0 Å². The van der Waals surface area contributed by atoms with Crippen LogP contribution in [0.2, 0.25) is 19.6 Å². The Balaban J connectivity index is 3.48. The predicted octanol–water partition coefficient (Wildman–Crippen LogP) is 2.78. The molecule has 94 valence electrons. The van der Waals surface area contributed by atoms with E-state index in [0.29, 0.717) is 0 Å². The maximum absolute atomic E-state index is 14.0. The topological polar surface area (TPSA) is 17.1 Å². The molecule has 17 heavy (non-hydrogen) atoms. The Morgan fingerprint density at radius 3 is 2.12 bits per heavy atom. The van der Waals surface area contributed by atoms with Crippen molar-refractivity contribution in [2.45, 2.75) is 33.0 Å². The third-order valence-electron chi connectivity index (χ3n) is 2.42. The lowest BCUT2D eigenvalue weighted by Gasteiger charge is -2.20. The van der Waals surface area contributed by atoms with Gasteiger partial charge in [0, 0.05) is 11.6 Å². The Bertz CT molecular complexity index is 464. The van der Waals surface area contributed by atoms with Crippen molar-refractivity contribution in [1.29, 1.82) is 0 Å². The van der Waals surface area contributed by atoms with Crippen LogP contribution in [-0.4, -0.2) is 13.9 Å². The highest BCUT2D eigenvalue weighted by atomic mass is 28.3. The van der Waals surface area contributed by atoms with E-state index in [1.54, 1.807) is 19.6 Å². The SMILES string of the molecule is CC(=O)Cc1cc(F)c(F)c([Si](C)(C)C)c1F. The fourth-order valence-corrected chi connectivity index (χ4v) is 3.31. The van der Waals surface area contributed by atoms with E-state index in [1.165, 1.54) is 6.92 Å². The summed E-state index contributed by atoms with van der Waals surface area (Å²) in [6, 6.07) is 0.774. The van der Waals surface area contributed by atoms with Crippen LogP contribution in [0.4, 0.5) is 13.2 Å². The fourth-order valence-electron chi connectivity index (χ4n) is 1.71. The molecule has 1 nitrogen and oxygen atoms in total. The molecule has 0 heterocycles. The minimum atomic E-state index is -2.34. The Morgan fingerprint density at radius 1 is 1.18 bits per heavy atom. The zero-order chi connectivity index (χ0) is 13.4. The van der Waals surface area contributed by atoms with E-state index in [9.17, 15) is 18.0 Å². The molecule has 1 aromatic rings. The number of carbonyl (C=O) groups excluding carboxylic acids is 1. The summed E-state index contributed by atoms with van der Waals surface area (Å²) in [5.41, 5.74) is -0.0613. The molecule has 0 aliphatic rings. The first-order chi connectivity index (χ1) is 7.64. The van der Waals surface area contributed by atoms with Gasteiger partial charge in [0.05, 0.1) is 8.07 Å². The molecule has 0 spiro atoms. The molecule has 1 rings (SSSR count). The second-order valence-electron chi connectivity index (χ2n) is 5.15. The maximum Gasteiger partial charge on any atom is 0.160 e. The summed E-state index contributed by atoms with van der Waals surface area (Å²) in [6.07, 6.45) is -0.208. The molecule has 0 aliphatic heterocycles. The minimum absolute atomic E-state index is 0.0613. The van der Waals surface area contributed by atoms with E-state index >= 15 is 0 Å². The summed E-state index contributed by atoms with van der Waals surface area (Å²) in [5.74, 6) is -3.25. The van der Waals surface area contributed by atoms with Crippen molar-refractivity contribution in [2.75, 3.05) is 0 Å². The molecule has 0 saturated heterocycles. The number of hydrogen-bond donors (Lipinski definition) is 0. The van der Waals surface area contributed by atoms with Gasteiger partial charge in [-0.15, -0.1) is 0 Å². The largest absolute Gasteiger partial charge is 0.300 e. The number of rotatable bonds is 3. The molecular formula is C12H15F3OSi. The van der Waals surface area contributed by atoms with Crippen molar-refractivity contribution in [3.8, 4) is 0 Å². The lowest BCUT2D eigenvalue weighted by molar-refractivity contribution is -0.116. The highest BCUT2D eigenvalue weighted by molar-refractivity contribution is 6.88. The third kappa shape index (κ3) is 2.97. The van der Waals surface area contributed by atoms with E-state index in [1.807, 2.05) is 0 Å². The molecule has 0 radical (unpaired) electrons. The van der Waals surface area contributed by atoms with Gasteiger partial charge in [0.25, 0.3) is 0 Å². The van der Waals surface area contributed by atoms with Crippen molar-refractivity contribution in [2.24, 2.45) is 0 Å². The molecular weight excluding hydrogens is 245 g/mol. The molecule has 0 aliphatic carbocycles. The summed E-state index contributed by atoms with van der Waals surface area (Å²) in [5, 5.41) is -0.172. The summed E-state index contributed by atoms with van der Waals surface area (Å²) in [6.45, 7) is 6.47. The Kier molecular flexibility index (Phi) is 3.81.